The highest BCUT2D eigenvalue weighted by Gasteiger charge is 2.13. The number of carbonyl (C=O) groups excluding carboxylic acids is 1. The minimum absolute atomic E-state index is 0.0399. The van der Waals surface area contributed by atoms with Crippen LogP contribution in [0.2, 0.25) is 0 Å². The Morgan fingerprint density at radius 1 is 0.917 bits per heavy atom. The quantitative estimate of drug-likeness (QED) is 0.635. The number of rotatable bonds is 4. The van der Waals surface area contributed by atoms with Gasteiger partial charge in [0.2, 0.25) is 0 Å². The lowest BCUT2D eigenvalue weighted by Crippen LogP contribution is -2.44. The van der Waals surface area contributed by atoms with Crippen LogP contribution >= 0.6 is 0 Å². The fourth-order valence-corrected chi connectivity index (χ4v) is 2.85. The zero-order chi connectivity index (χ0) is 16.9. The van der Waals surface area contributed by atoms with Crippen LogP contribution in [0.25, 0.3) is 6.08 Å². The maximum atomic E-state index is 12.2. The first-order chi connectivity index (χ1) is 11.6. The molecule has 0 atom stereocenters. The smallest absolute Gasteiger partial charge is 0.185 e. The molecule has 0 aromatic heterocycles. The summed E-state index contributed by atoms with van der Waals surface area (Å²) in [7, 11) is 2.16. The van der Waals surface area contributed by atoms with Gasteiger partial charge in [-0.25, -0.2) is 0 Å². The molecule has 0 saturated carbocycles. The molecule has 24 heavy (non-hydrogen) atoms. The molecule has 124 valence electrons. The predicted octanol–water partition coefficient (Wildman–Crippen LogP) is 3.64. The number of anilines is 1. The molecule has 1 aliphatic rings. The molecule has 1 heterocycles. The van der Waals surface area contributed by atoms with Gasteiger partial charge >= 0.3 is 0 Å². The fraction of sp³-hybridized carbons (Fsp3) is 0.286. The van der Waals surface area contributed by atoms with Crippen molar-refractivity contribution in [1.82, 2.24) is 4.90 Å². The van der Waals surface area contributed by atoms with E-state index in [1.54, 1.807) is 6.08 Å². The van der Waals surface area contributed by atoms with Crippen LogP contribution in [0.5, 0.6) is 0 Å². The highest BCUT2D eigenvalue weighted by Crippen LogP contribution is 2.18. The molecule has 3 heteroatoms. The van der Waals surface area contributed by atoms with Crippen molar-refractivity contribution >= 4 is 17.5 Å². The second kappa shape index (κ2) is 7.45. The van der Waals surface area contributed by atoms with Crippen LogP contribution in [-0.2, 0) is 0 Å². The molecular formula is C21H24N2O. The van der Waals surface area contributed by atoms with Gasteiger partial charge < -0.3 is 9.80 Å². The Morgan fingerprint density at radius 2 is 1.54 bits per heavy atom. The van der Waals surface area contributed by atoms with Crippen molar-refractivity contribution in [3.63, 3.8) is 0 Å². The lowest BCUT2D eigenvalue weighted by molar-refractivity contribution is 0.104. The maximum Gasteiger partial charge on any atom is 0.185 e. The first-order valence-corrected chi connectivity index (χ1v) is 8.44. The number of hydrogen-bond acceptors (Lipinski definition) is 3. The number of nitrogens with zero attached hydrogens (tertiary/aromatic N) is 2. The van der Waals surface area contributed by atoms with Gasteiger partial charge in [0.25, 0.3) is 0 Å². The Labute approximate surface area is 144 Å². The lowest BCUT2D eigenvalue weighted by atomic mass is 10.1. The summed E-state index contributed by atoms with van der Waals surface area (Å²) in [6, 6.07) is 16.1. The van der Waals surface area contributed by atoms with Crippen molar-refractivity contribution in [2.45, 2.75) is 6.92 Å². The van der Waals surface area contributed by atoms with E-state index >= 15 is 0 Å². The number of ketones is 1. The molecule has 2 aromatic rings. The van der Waals surface area contributed by atoms with Crippen molar-refractivity contribution in [3.05, 3.63) is 71.3 Å². The molecule has 0 N–H and O–H groups in total. The number of likely N-dealkylation sites (N-methyl/N-ethyl adjacent to an activating group) is 1. The number of piperazine rings is 1. The zero-order valence-corrected chi connectivity index (χ0v) is 14.4. The molecule has 0 unspecified atom stereocenters. The summed E-state index contributed by atoms with van der Waals surface area (Å²) in [5.41, 5.74) is 4.19. The molecule has 2 aromatic carbocycles. The average Bonchev–Trinajstić information content (AvgIpc) is 2.61. The second-order valence-corrected chi connectivity index (χ2v) is 6.45. The summed E-state index contributed by atoms with van der Waals surface area (Å²) in [6.07, 6.45) is 3.53. The number of aryl methyl sites for hydroxylation is 1. The van der Waals surface area contributed by atoms with Crippen molar-refractivity contribution < 1.29 is 4.79 Å². The van der Waals surface area contributed by atoms with Crippen molar-refractivity contribution in [1.29, 1.82) is 0 Å². The third kappa shape index (κ3) is 4.12. The summed E-state index contributed by atoms with van der Waals surface area (Å²) in [4.78, 5) is 16.9. The van der Waals surface area contributed by atoms with Crippen LogP contribution in [0.3, 0.4) is 0 Å². The number of benzene rings is 2. The molecule has 0 radical (unpaired) electrons. The summed E-state index contributed by atoms with van der Waals surface area (Å²) < 4.78 is 0. The van der Waals surface area contributed by atoms with Gasteiger partial charge in [-0.15, -0.1) is 0 Å². The van der Waals surface area contributed by atoms with E-state index in [0.717, 1.165) is 42.9 Å². The molecule has 3 rings (SSSR count). The lowest BCUT2D eigenvalue weighted by Gasteiger charge is -2.34. The van der Waals surface area contributed by atoms with E-state index in [4.69, 9.17) is 0 Å². The van der Waals surface area contributed by atoms with Gasteiger partial charge in [-0.1, -0.05) is 48.0 Å². The van der Waals surface area contributed by atoms with Gasteiger partial charge in [-0.05, 0) is 37.7 Å². The molecule has 0 bridgehead atoms. The predicted molar refractivity (Wildman–Crippen MR) is 101 cm³/mol. The highest BCUT2D eigenvalue weighted by atomic mass is 16.1. The van der Waals surface area contributed by atoms with Gasteiger partial charge in [0.05, 0.1) is 0 Å². The molecule has 0 amide bonds. The maximum absolute atomic E-state index is 12.2. The SMILES string of the molecule is Cc1ccc(C(=O)C=Cc2ccc(N3CCN(C)CC3)cc2)cc1. The number of hydrogen-bond donors (Lipinski definition) is 0. The summed E-state index contributed by atoms with van der Waals surface area (Å²) in [5.74, 6) is 0.0399. The van der Waals surface area contributed by atoms with E-state index in [-0.39, 0.29) is 5.78 Å². The van der Waals surface area contributed by atoms with Crippen LogP contribution in [0.15, 0.2) is 54.6 Å². The van der Waals surface area contributed by atoms with E-state index in [1.165, 1.54) is 5.69 Å². The Hall–Kier alpha value is -2.39. The van der Waals surface area contributed by atoms with Gasteiger partial charge in [-0.3, -0.25) is 4.79 Å². The Morgan fingerprint density at radius 3 is 2.17 bits per heavy atom. The monoisotopic (exact) mass is 320 g/mol. The van der Waals surface area contributed by atoms with E-state index in [1.807, 2.05) is 37.3 Å². The molecule has 1 fully saturated rings. The van der Waals surface area contributed by atoms with E-state index in [2.05, 4.69) is 41.1 Å². The van der Waals surface area contributed by atoms with E-state index < -0.39 is 0 Å². The largest absolute Gasteiger partial charge is 0.369 e. The summed E-state index contributed by atoms with van der Waals surface area (Å²) >= 11 is 0. The second-order valence-electron chi connectivity index (χ2n) is 6.45. The Kier molecular flexibility index (Phi) is 5.11. The van der Waals surface area contributed by atoms with Gasteiger partial charge in [0, 0.05) is 37.4 Å². The summed E-state index contributed by atoms with van der Waals surface area (Å²) in [5, 5.41) is 0. The van der Waals surface area contributed by atoms with Crippen LogP contribution in [-0.4, -0.2) is 43.9 Å². The molecule has 0 aliphatic carbocycles. The van der Waals surface area contributed by atoms with E-state index in [0.29, 0.717) is 0 Å². The zero-order valence-electron chi connectivity index (χ0n) is 14.4. The van der Waals surface area contributed by atoms with Crippen molar-refractivity contribution in [3.8, 4) is 0 Å². The molecule has 1 saturated heterocycles. The number of allylic oxidation sites excluding steroid dienone is 1. The average molecular weight is 320 g/mol. The van der Waals surface area contributed by atoms with Crippen molar-refractivity contribution in [2.75, 3.05) is 38.1 Å². The van der Waals surface area contributed by atoms with Crippen molar-refractivity contribution in [2.24, 2.45) is 0 Å². The third-order valence-electron chi connectivity index (χ3n) is 4.52. The van der Waals surface area contributed by atoms with Crippen LogP contribution < -0.4 is 4.90 Å². The van der Waals surface area contributed by atoms with Gasteiger partial charge in [-0.2, -0.15) is 0 Å². The van der Waals surface area contributed by atoms with E-state index in [9.17, 15) is 4.79 Å². The Balaban J connectivity index is 1.63. The minimum Gasteiger partial charge on any atom is -0.369 e. The number of carbonyl (C=O) groups is 1. The van der Waals surface area contributed by atoms with Crippen LogP contribution in [0.1, 0.15) is 21.5 Å². The highest BCUT2D eigenvalue weighted by molar-refractivity contribution is 6.06. The molecule has 1 aliphatic heterocycles. The van der Waals surface area contributed by atoms with Gasteiger partial charge in [0.15, 0.2) is 5.78 Å². The topological polar surface area (TPSA) is 23.6 Å². The normalized spacial score (nSPS) is 15.8. The van der Waals surface area contributed by atoms with Crippen LogP contribution in [0.4, 0.5) is 5.69 Å². The molecular weight excluding hydrogens is 296 g/mol. The standard InChI is InChI=1S/C21H24N2O/c1-17-3-8-19(9-4-17)21(24)12-7-18-5-10-20(11-6-18)23-15-13-22(2)14-16-23/h3-12H,13-16H2,1-2H3. The minimum atomic E-state index is 0.0399. The fourth-order valence-electron chi connectivity index (χ4n) is 2.85. The van der Waals surface area contributed by atoms with Crippen LogP contribution in [0, 0.1) is 6.92 Å². The molecule has 3 nitrogen and oxygen atoms in total. The molecule has 0 spiro atoms. The first-order valence-electron chi connectivity index (χ1n) is 8.44. The Bertz CT molecular complexity index is 709. The summed E-state index contributed by atoms with van der Waals surface area (Å²) in [6.45, 7) is 6.36. The first kappa shape index (κ1) is 16.5. The van der Waals surface area contributed by atoms with Gasteiger partial charge in [0.1, 0.15) is 0 Å². The third-order valence-corrected chi connectivity index (χ3v) is 4.52.